The molecule has 1 aromatic rings. The molecule has 0 unspecified atom stereocenters. The van der Waals surface area contributed by atoms with Crippen molar-refractivity contribution in [2.45, 2.75) is 37.7 Å². The molecule has 0 bridgehead atoms. The molecule has 0 spiro atoms. The van der Waals surface area contributed by atoms with Crippen LogP contribution < -0.4 is 5.32 Å². The summed E-state index contributed by atoms with van der Waals surface area (Å²) in [5.74, 6) is -0.214. The third-order valence-corrected chi connectivity index (χ3v) is 3.85. The van der Waals surface area contributed by atoms with Crippen molar-refractivity contribution in [1.82, 2.24) is 10.2 Å². The van der Waals surface area contributed by atoms with Crippen LogP contribution in [-0.4, -0.2) is 41.8 Å². The van der Waals surface area contributed by atoms with E-state index in [4.69, 9.17) is 0 Å². The normalized spacial score (nSPS) is 16.4. The van der Waals surface area contributed by atoms with E-state index in [2.05, 4.69) is 5.32 Å². The monoisotopic (exact) mass is 294 g/mol. The molecular weight excluding hydrogens is 271 g/mol. The van der Waals surface area contributed by atoms with Gasteiger partial charge in [-0.05, 0) is 38.3 Å². The van der Waals surface area contributed by atoms with Crippen LogP contribution in [0.2, 0.25) is 0 Å². The minimum atomic E-state index is -0.936. The number of carbonyl (C=O) groups excluding carboxylic acids is 1. The number of rotatable bonds is 5. The van der Waals surface area contributed by atoms with E-state index in [1.807, 2.05) is 6.07 Å². The standard InChI is InChI=1S/C16H23FN2O2/c1-15(2,21)11-19(3)14(20)18-10-16(8-9-16)12-6-4-5-7-13(12)17/h4-7,21H,8-11H2,1-3H3,(H,18,20). The average Bonchev–Trinajstić information content (AvgIpc) is 3.15. The lowest BCUT2D eigenvalue weighted by Gasteiger charge is -2.27. The van der Waals surface area contributed by atoms with Gasteiger partial charge in [0.05, 0.1) is 12.1 Å². The van der Waals surface area contributed by atoms with Crippen LogP contribution in [0.1, 0.15) is 32.3 Å². The molecule has 0 heterocycles. The molecule has 21 heavy (non-hydrogen) atoms. The molecule has 1 aliphatic rings. The van der Waals surface area contributed by atoms with Crippen LogP contribution in [0.25, 0.3) is 0 Å². The van der Waals surface area contributed by atoms with Gasteiger partial charge in [0.1, 0.15) is 5.82 Å². The first-order valence-electron chi connectivity index (χ1n) is 7.20. The summed E-state index contributed by atoms with van der Waals surface area (Å²) < 4.78 is 13.9. The van der Waals surface area contributed by atoms with Crippen LogP contribution >= 0.6 is 0 Å². The van der Waals surface area contributed by atoms with Gasteiger partial charge < -0.3 is 15.3 Å². The topological polar surface area (TPSA) is 52.6 Å². The second-order valence-electron chi connectivity index (χ2n) is 6.59. The Hall–Kier alpha value is -1.62. The van der Waals surface area contributed by atoms with E-state index in [0.717, 1.165) is 12.8 Å². The SMILES string of the molecule is CN(CC(C)(C)O)C(=O)NCC1(c2ccccc2F)CC1. The van der Waals surface area contributed by atoms with Crippen molar-refractivity contribution in [3.05, 3.63) is 35.6 Å². The number of amides is 2. The summed E-state index contributed by atoms with van der Waals surface area (Å²) >= 11 is 0. The maximum absolute atomic E-state index is 13.9. The summed E-state index contributed by atoms with van der Waals surface area (Å²) in [6.45, 7) is 3.96. The van der Waals surface area contributed by atoms with Gasteiger partial charge in [0.15, 0.2) is 0 Å². The molecule has 0 atom stereocenters. The Bertz CT molecular complexity index is 521. The average molecular weight is 294 g/mol. The maximum atomic E-state index is 13.9. The van der Waals surface area contributed by atoms with Crippen molar-refractivity contribution in [3.63, 3.8) is 0 Å². The summed E-state index contributed by atoms with van der Waals surface area (Å²) in [7, 11) is 1.63. The van der Waals surface area contributed by atoms with Crippen molar-refractivity contribution >= 4 is 6.03 Å². The zero-order chi connectivity index (χ0) is 15.7. The van der Waals surface area contributed by atoms with Gasteiger partial charge in [-0.2, -0.15) is 0 Å². The predicted molar refractivity (Wildman–Crippen MR) is 79.6 cm³/mol. The summed E-state index contributed by atoms with van der Waals surface area (Å²) in [5, 5.41) is 12.6. The molecule has 2 amide bonds. The number of hydrogen-bond donors (Lipinski definition) is 2. The van der Waals surface area contributed by atoms with Gasteiger partial charge in [-0.1, -0.05) is 18.2 Å². The molecule has 2 rings (SSSR count). The number of nitrogens with one attached hydrogen (secondary N) is 1. The number of likely N-dealkylation sites (N-methyl/N-ethyl adjacent to an activating group) is 1. The van der Waals surface area contributed by atoms with Gasteiger partial charge in [-0.3, -0.25) is 0 Å². The fourth-order valence-electron chi connectivity index (χ4n) is 2.62. The van der Waals surface area contributed by atoms with E-state index in [1.54, 1.807) is 33.0 Å². The van der Waals surface area contributed by atoms with E-state index in [0.29, 0.717) is 12.1 Å². The minimum absolute atomic E-state index is 0.214. The summed E-state index contributed by atoms with van der Waals surface area (Å²) in [4.78, 5) is 13.5. The number of hydrogen-bond acceptors (Lipinski definition) is 2. The Morgan fingerprint density at radius 1 is 1.43 bits per heavy atom. The van der Waals surface area contributed by atoms with E-state index in [-0.39, 0.29) is 23.8 Å². The van der Waals surface area contributed by atoms with E-state index < -0.39 is 5.60 Å². The molecule has 116 valence electrons. The second kappa shape index (κ2) is 5.64. The third-order valence-electron chi connectivity index (χ3n) is 3.85. The van der Waals surface area contributed by atoms with Gasteiger partial charge in [0, 0.05) is 19.0 Å². The van der Waals surface area contributed by atoms with Crippen molar-refractivity contribution in [2.24, 2.45) is 0 Å². The lowest BCUT2D eigenvalue weighted by Crippen LogP contribution is -2.46. The van der Waals surface area contributed by atoms with Crippen LogP contribution in [0, 0.1) is 5.82 Å². The van der Waals surface area contributed by atoms with E-state index in [9.17, 15) is 14.3 Å². The number of nitrogens with zero attached hydrogens (tertiary/aromatic N) is 1. The predicted octanol–water partition coefficient (Wildman–Crippen LogP) is 2.27. The Kier molecular flexibility index (Phi) is 4.23. The highest BCUT2D eigenvalue weighted by atomic mass is 19.1. The Labute approximate surface area is 125 Å². The minimum Gasteiger partial charge on any atom is -0.389 e. The van der Waals surface area contributed by atoms with E-state index in [1.165, 1.54) is 11.0 Å². The van der Waals surface area contributed by atoms with Crippen LogP contribution in [-0.2, 0) is 5.41 Å². The van der Waals surface area contributed by atoms with Crippen molar-refractivity contribution in [2.75, 3.05) is 20.1 Å². The highest BCUT2D eigenvalue weighted by Gasteiger charge is 2.46. The van der Waals surface area contributed by atoms with Crippen LogP contribution in [0.15, 0.2) is 24.3 Å². The van der Waals surface area contributed by atoms with Gasteiger partial charge in [0.25, 0.3) is 0 Å². The van der Waals surface area contributed by atoms with Crippen molar-refractivity contribution in [3.8, 4) is 0 Å². The Morgan fingerprint density at radius 3 is 2.57 bits per heavy atom. The maximum Gasteiger partial charge on any atom is 0.317 e. The molecule has 0 saturated heterocycles. The first-order valence-corrected chi connectivity index (χ1v) is 7.20. The fourth-order valence-corrected chi connectivity index (χ4v) is 2.62. The lowest BCUT2D eigenvalue weighted by atomic mass is 9.95. The van der Waals surface area contributed by atoms with Gasteiger partial charge in [0.2, 0.25) is 0 Å². The Balaban J connectivity index is 1.94. The summed E-state index contributed by atoms with van der Waals surface area (Å²) in [6, 6.07) is 6.48. The number of benzene rings is 1. The molecule has 0 aliphatic heterocycles. The van der Waals surface area contributed by atoms with Crippen LogP contribution in [0.4, 0.5) is 9.18 Å². The first-order chi connectivity index (χ1) is 9.73. The fraction of sp³-hybridized carbons (Fsp3) is 0.562. The summed E-state index contributed by atoms with van der Waals surface area (Å²) in [5.41, 5.74) is -0.527. The molecule has 4 nitrogen and oxygen atoms in total. The van der Waals surface area contributed by atoms with E-state index >= 15 is 0 Å². The highest BCUT2D eigenvalue weighted by molar-refractivity contribution is 5.74. The number of aliphatic hydroxyl groups is 1. The number of carbonyl (C=O) groups is 1. The molecule has 5 heteroatoms. The molecule has 1 aromatic carbocycles. The molecule has 0 aromatic heterocycles. The highest BCUT2D eigenvalue weighted by Crippen LogP contribution is 2.48. The smallest absolute Gasteiger partial charge is 0.317 e. The molecule has 1 fully saturated rings. The zero-order valence-electron chi connectivity index (χ0n) is 12.8. The zero-order valence-corrected chi connectivity index (χ0v) is 12.8. The third kappa shape index (κ3) is 3.94. The largest absolute Gasteiger partial charge is 0.389 e. The molecular formula is C16H23FN2O2. The van der Waals surface area contributed by atoms with Gasteiger partial charge in [-0.25, -0.2) is 9.18 Å². The first kappa shape index (κ1) is 15.8. The molecule has 2 N–H and O–H groups in total. The van der Waals surface area contributed by atoms with Crippen molar-refractivity contribution < 1.29 is 14.3 Å². The lowest BCUT2D eigenvalue weighted by molar-refractivity contribution is 0.0531. The van der Waals surface area contributed by atoms with Gasteiger partial charge >= 0.3 is 6.03 Å². The van der Waals surface area contributed by atoms with Gasteiger partial charge in [-0.15, -0.1) is 0 Å². The Morgan fingerprint density at radius 2 is 2.05 bits per heavy atom. The quantitative estimate of drug-likeness (QED) is 0.875. The number of halogens is 1. The number of urea groups is 1. The van der Waals surface area contributed by atoms with Crippen molar-refractivity contribution in [1.29, 1.82) is 0 Å². The molecule has 1 aliphatic carbocycles. The van der Waals surface area contributed by atoms with Crippen LogP contribution in [0.5, 0.6) is 0 Å². The second-order valence-corrected chi connectivity index (χ2v) is 6.59. The summed E-state index contributed by atoms with van der Waals surface area (Å²) in [6.07, 6.45) is 1.76. The molecule has 1 saturated carbocycles. The van der Waals surface area contributed by atoms with Crippen LogP contribution in [0.3, 0.4) is 0 Å². The molecule has 0 radical (unpaired) electrons.